The highest BCUT2D eigenvalue weighted by molar-refractivity contribution is 9.11. The van der Waals surface area contributed by atoms with E-state index in [1.807, 2.05) is 20.8 Å². The Bertz CT molecular complexity index is 559. The Morgan fingerprint density at radius 2 is 1.65 bits per heavy atom. The molecule has 0 aromatic heterocycles. The molecule has 0 spiro atoms. The molecule has 0 aliphatic rings. The van der Waals surface area contributed by atoms with Gasteiger partial charge in [0.1, 0.15) is 12.4 Å². The van der Waals surface area contributed by atoms with E-state index in [9.17, 15) is 8.42 Å². The smallest absolute Gasteiger partial charge is 0.238 e. The van der Waals surface area contributed by atoms with Gasteiger partial charge < -0.3 is 9.47 Å². The molecule has 8 heteroatoms. The molecule has 0 atom stereocenters. The van der Waals surface area contributed by atoms with E-state index in [2.05, 4.69) is 31.9 Å². The van der Waals surface area contributed by atoms with Crippen LogP contribution in [0.25, 0.3) is 0 Å². The molecule has 0 fully saturated rings. The molecule has 0 aliphatic heterocycles. The second-order valence-electron chi connectivity index (χ2n) is 5.07. The van der Waals surface area contributed by atoms with E-state index in [-0.39, 0.29) is 10.5 Å². The number of ether oxygens (including phenoxy) is 2. The number of benzene rings is 1. The van der Waals surface area contributed by atoms with Gasteiger partial charge in [0, 0.05) is 0 Å². The molecular weight excluding hydrogens is 414 g/mol. The maximum Gasteiger partial charge on any atom is 0.238 e. The predicted molar refractivity (Wildman–Crippen MR) is 84.4 cm³/mol. The van der Waals surface area contributed by atoms with E-state index >= 15 is 0 Å². The van der Waals surface area contributed by atoms with Crippen LogP contribution in [0.3, 0.4) is 0 Å². The van der Waals surface area contributed by atoms with Crippen LogP contribution >= 0.6 is 31.9 Å². The van der Waals surface area contributed by atoms with Crippen LogP contribution in [-0.4, -0.2) is 27.2 Å². The highest BCUT2D eigenvalue weighted by Gasteiger charge is 2.16. The molecule has 1 aromatic carbocycles. The van der Waals surface area contributed by atoms with Crippen LogP contribution in [0.4, 0.5) is 0 Å². The number of nitrogens with two attached hydrogens (primary N) is 1. The lowest BCUT2D eigenvalue weighted by Crippen LogP contribution is -2.22. The Morgan fingerprint density at radius 3 is 2.05 bits per heavy atom. The third kappa shape index (κ3) is 5.69. The molecule has 0 saturated heterocycles. The van der Waals surface area contributed by atoms with Crippen LogP contribution in [0.2, 0.25) is 0 Å². The van der Waals surface area contributed by atoms with Crippen LogP contribution < -0.4 is 9.88 Å². The van der Waals surface area contributed by atoms with Crippen LogP contribution in [0, 0.1) is 0 Å². The van der Waals surface area contributed by atoms with Crippen molar-refractivity contribution < 1.29 is 17.9 Å². The Balaban J connectivity index is 2.78. The molecule has 1 rings (SSSR count). The van der Waals surface area contributed by atoms with Crippen LogP contribution in [0.1, 0.15) is 20.8 Å². The summed E-state index contributed by atoms with van der Waals surface area (Å²) in [5.74, 6) is 0.509. The van der Waals surface area contributed by atoms with Gasteiger partial charge in [-0.2, -0.15) is 0 Å². The van der Waals surface area contributed by atoms with E-state index < -0.39 is 10.0 Å². The minimum Gasteiger partial charge on any atom is -0.489 e. The average Bonchev–Trinajstić information content (AvgIpc) is 2.23. The highest BCUT2D eigenvalue weighted by Crippen LogP contribution is 2.35. The zero-order valence-corrected chi connectivity index (χ0v) is 15.4. The van der Waals surface area contributed by atoms with Gasteiger partial charge in [0.25, 0.3) is 0 Å². The molecular formula is C12H17Br2NO4S. The van der Waals surface area contributed by atoms with E-state index in [1.54, 1.807) is 0 Å². The van der Waals surface area contributed by atoms with Gasteiger partial charge in [0.05, 0.1) is 26.0 Å². The SMILES string of the molecule is CC(C)(C)OCCOc1c(Br)cc(S(N)(=O)=O)cc1Br. The maximum absolute atomic E-state index is 11.3. The summed E-state index contributed by atoms with van der Waals surface area (Å²) in [4.78, 5) is 0.00883. The maximum atomic E-state index is 11.3. The molecule has 114 valence electrons. The second-order valence-corrected chi connectivity index (χ2v) is 8.34. The lowest BCUT2D eigenvalue weighted by molar-refractivity contribution is -0.0164. The number of halogens is 2. The minimum absolute atomic E-state index is 0.00883. The highest BCUT2D eigenvalue weighted by atomic mass is 79.9. The predicted octanol–water partition coefficient (Wildman–Crippen LogP) is 3.05. The molecule has 5 nitrogen and oxygen atoms in total. The van der Waals surface area contributed by atoms with Crippen LogP contribution in [0.15, 0.2) is 26.0 Å². The zero-order chi connectivity index (χ0) is 15.6. The van der Waals surface area contributed by atoms with Crippen molar-refractivity contribution in [2.75, 3.05) is 13.2 Å². The van der Waals surface area contributed by atoms with Crippen molar-refractivity contribution in [3.8, 4) is 5.75 Å². The molecule has 0 radical (unpaired) electrons. The number of sulfonamides is 1. The Labute approximate surface area is 136 Å². The van der Waals surface area contributed by atoms with Crippen LogP contribution in [-0.2, 0) is 14.8 Å². The summed E-state index contributed by atoms with van der Waals surface area (Å²) in [6, 6.07) is 2.81. The normalized spacial score (nSPS) is 12.5. The standard InChI is InChI=1S/C12H17Br2NO4S/c1-12(2,3)19-5-4-18-11-9(13)6-8(7-10(11)14)20(15,16)17/h6-7H,4-5H2,1-3H3,(H2,15,16,17). The topological polar surface area (TPSA) is 78.6 Å². The monoisotopic (exact) mass is 429 g/mol. The van der Waals surface area contributed by atoms with Gasteiger partial charge in [-0.1, -0.05) is 0 Å². The fourth-order valence-corrected chi connectivity index (χ4v) is 3.61. The largest absolute Gasteiger partial charge is 0.489 e. The van der Waals surface area contributed by atoms with Crippen molar-refractivity contribution in [2.45, 2.75) is 31.3 Å². The Kier molecular flexibility index (Phi) is 6.03. The summed E-state index contributed by atoms with van der Waals surface area (Å²) < 4.78 is 34.7. The summed E-state index contributed by atoms with van der Waals surface area (Å²) in [5.41, 5.74) is -0.227. The molecule has 2 N–H and O–H groups in total. The first-order valence-corrected chi connectivity index (χ1v) is 8.92. The van der Waals surface area contributed by atoms with Crippen molar-refractivity contribution in [3.05, 3.63) is 21.1 Å². The Hall–Kier alpha value is -0.150. The number of primary sulfonamides is 1. The number of hydrogen-bond acceptors (Lipinski definition) is 4. The van der Waals surface area contributed by atoms with Crippen molar-refractivity contribution in [1.82, 2.24) is 0 Å². The van der Waals surface area contributed by atoms with E-state index in [1.165, 1.54) is 12.1 Å². The molecule has 0 saturated carbocycles. The fourth-order valence-electron chi connectivity index (χ4n) is 1.33. The van der Waals surface area contributed by atoms with Gasteiger partial charge in [-0.25, -0.2) is 13.6 Å². The molecule has 1 aromatic rings. The first-order chi connectivity index (χ1) is 9.00. The summed E-state index contributed by atoms with van der Waals surface area (Å²) in [6.07, 6.45) is 0. The fraction of sp³-hybridized carbons (Fsp3) is 0.500. The van der Waals surface area contributed by atoms with Crippen molar-refractivity contribution in [3.63, 3.8) is 0 Å². The van der Waals surface area contributed by atoms with Crippen molar-refractivity contribution in [1.29, 1.82) is 0 Å². The Morgan fingerprint density at radius 1 is 1.15 bits per heavy atom. The summed E-state index contributed by atoms with van der Waals surface area (Å²) >= 11 is 6.53. The van der Waals surface area contributed by atoms with Crippen molar-refractivity contribution >= 4 is 41.9 Å². The molecule has 0 heterocycles. The van der Waals surface area contributed by atoms with Crippen LogP contribution in [0.5, 0.6) is 5.75 Å². The number of hydrogen-bond donors (Lipinski definition) is 1. The lowest BCUT2D eigenvalue weighted by Gasteiger charge is -2.20. The van der Waals surface area contributed by atoms with Gasteiger partial charge in [-0.3, -0.25) is 0 Å². The van der Waals surface area contributed by atoms with Gasteiger partial charge in [0.2, 0.25) is 10.0 Å². The zero-order valence-electron chi connectivity index (χ0n) is 11.4. The van der Waals surface area contributed by atoms with E-state index in [4.69, 9.17) is 14.6 Å². The van der Waals surface area contributed by atoms with Gasteiger partial charge >= 0.3 is 0 Å². The third-order valence-electron chi connectivity index (χ3n) is 2.17. The summed E-state index contributed by atoms with van der Waals surface area (Å²) in [7, 11) is -3.75. The molecule has 20 heavy (non-hydrogen) atoms. The molecule has 0 amide bonds. The van der Waals surface area contributed by atoms with E-state index in [0.717, 1.165) is 0 Å². The first-order valence-electron chi connectivity index (χ1n) is 5.79. The quantitative estimate of drug-likeness (QED) is 0.728. The van der Waals surface area contributed by atoms with Gasteiger partial charge in [0.15, 0.2) is 0 Å². The third-order valence-corrected chi connectivity index (χ3v) is 4.24. The second kappa shape index (κ2) is 6.74. The molecule has 0 unspecified atom stereocenters. The first kappa shape index (κ1) is 17.9. The lowest BCUT2D eigenvalue weighted by atomic mass is 10.2. The molecule has 0 bridgehead atoms. The summed E-state index contributed by atoms with van der Waals surface area (Å²) in [6.45, 7) is 6.65. The van der Waals surface area contributed by atoms with Crippen molar-refractivity contribution in [2.24, 2.45) is 5.14 Å². The minimum atomic E-state index is -3.75. The van der Waals surface area contributed by atoms with E-state index in [0.29, 0.717) is 27.9 Å². The average molecular weight is 431 g/mol. The number of rotatable bonds is 5. The van der Waals surface area contributed by atoms with Gasteiger partial charge in [-0.15, -0.1) is 0 Å². The molecule has 0 aliphatic carbocycles. The van der Waals surface area contributed by atoms with Gasteiger partial charge in [-0.05, 0) is 64.8 Å². The summed E-state index contributed by atoms with van der Waals surface area (Å²) in [5, 5.41) is 5.08.